The second kappa shape index (κ2) is 7.94. The maximum atomic E-state index is 12.2. The molecule has 0 aliphatic carbocycles. The monoisotopic (exact) mass is 349 g/mol. The second-order valence-electron chi connectivity index (χ2n) is 5.08. The van der Waals surface area contributed by atoms with E-state index in [2.05, 4.69) is 9.46 Å². The lowest BCUT2D eigenvalue weighted by Gasteiger charge is -2.09. The van der Waals surface area contributed by atoms with E-state index in [1.165, 1.54) is 31.4 Å². The molecule has 0 amide bonds. The van der Waals surface area contributed by atoms with Gasteiger partial charge in [0.1, 0.15) is 12.4 Å². The van der Waals surface area contributed by atoms with Crippen LogP contribution in [0.25, 0.3) is 0 Å². The van der Waals surface area contributed by atoms with Crippen molar-refractivity contribution in [3.05, 3.63) is 59.7 Å². The number of hydrogen-bond acceptors (Lipinski definition) is 5. The van der Waals surface area contributed by atoms with Crippen molar-refractivity contribution in [2.75, 3.05) is 20.3 Å². The summed E-state index contributed by atoms with van der Waals surface area (Å²) in [5, 5.41) is 0. The van der Waals surface area contributed by atoms with Crippen LogP contribution in [-0.2, 0) is 14.8 Å². The van der Waals surface area contributed by atoms with Gasteiger partial charge < -0.3 is 9.47 Å². The van der Waals surface area contributed by atoms with Gasteiger partial charge in [-0.15, -0.1) is 0 Å². The van der Waals surface area contributed by atoms with Crippen LogP contribution in [0.5, 0.6) is 5.75 Å². The van der Waals surface area contributed by atoms with Crippen molar-refractivity contribution in [2.24, 2.45) is 0 Å². The molecule has 1 N–H and O–H groups in total. The van der Waals surface area contributed by atoms with Crippen molar-refractivity contribution in [3.8, 4) is 5.75 Å². The molecule has 128 valence electrons. The molecule has 0 saturated heterocycles. The summed E-state index contributed by atoms with van der Waals surface area (Å²) in [4.78, 5) is 11.5. The van der Waals surface area contributed by atoms with Gasteiger partial charge in [-0.25, -0.2) is 17.9 Å². The first-order valence-corrected chi connectivity index (χ1v) is 8.78. The molecule has 0 radical (unpaired) electrons. The van der Waals surface area contributed by atoms with Crippen molar-refractivity contribution >= 4 is 16.0 Å². The van der Waals surface area contributed by atoms with Crippen LogP contribution in [0.4, 0.5) is 0 Å². The summed E-state index contributed by atoms with van der Waals surface area (Å²) in [6.45, 7) is 2.25. The highest BCUT2D eigenvalue weighted by Gasteiger charge is 2.16. The normalized spacial score (nSPS) is 11.1. The molecular formula is C17H19NO5S. The van der Waals surface area contributed by atoms with E-state index in [0.717, 1.165) is 5.56 Å². The van der Waals surface area contributed by atoms with Gasteiger partial charge in [0.05, 0.1) is 17.6 Å². The van der Waals surface area contributed by atoms with Gasteiger partial charge in [-0.3, -0.25) is 0 Å². The van der Waals surface area contributed by atoms with Crippen LogP contribution >= 0.6 is 0 Å². The Kier molecular flexibility index (Phi) is 5.94. The number of rotatable bonds is 7. The minimum atomic E-state index is -3.72. The fraction of sp³-hybridized carbons (Fsp3) is 0.235. The average molecular weight is 349 g/mol. The van der Waals surface area contributed by atoms with E-state index in [1.54, 1.807) is 6.07 Å². The molecule has 2 rings (SSSR count). The fourth-order valence-corrected chi connectivity index (χ4v) is 3.10. The molecular weight excluding hydrogens is 330 g/mol. The number of nitrogens with one attached hydrogen (secondary N) is 1. The van der Waals surface area contributed by atoms with Crippen molar-refractivity contribution in [2.45, 2.75) is 11.8 Å². The van der Waals surface area contributed by atoms with Crippen LogP contribution in [0.3, 0.4) is 0 Å². The zero-order valence-electron chi connectivity index (χ0n) is 13.5. The van der Waals surface area contributed by atoms with Crippen molar-refractivity contribution in [3.63, 3.8) is 0 Å². The van der Waals surface area contributed by atoms with Crippen LogP contribution in [-0.4, -0.2) is 34.6 Å². The van der Waals surface area contributed by atoms with Gasteiger partial charge in [-0.05, 0) is 42.8 Å². The number of esters is 1. The van der Waals surface area contributed by atoms with Crippen molar-refractivity contribution in [1.82, 2.24) is 4.72 Å². The highest BCUT2D eigenvalue weighted by molar-refractivity contribution is 7.89. The Bertz CT molecular complexity index is 817. The summed E-state index contributed by atoms with van der Waals surface area (Å²) in [5.74, 6) is 0.0942. The van der Waals surface area contributed by atoms with Crippen LogP contribution in [0.2, 0.25) is 0 Å². The summed E-state index contributed by atoms with van der Waals surface area (Å²) >= 11 is 0. The van der Waals surface area contributed by atoms with Gasteiger partial charge in [0.25, 0.3) is 0 Å². The van der Waals surface area contributed by atoms with E-state index in [0.29, 0.717) is 5.75 Å². The minimum absolute atomic E-state index is 0.000885. The molecule has 0 aliphatic rings. The summed E-state index contributed by atoms with van der Waals surface area (Å²) in [7, 11) is -2.48. The van der Waals surface area contributed by atoms with Crippen LogP contribution in [0.1, 0.15) is 15.9 Å². The van der Waals surface area contributed by atoms with Crippen molar-refractivity contribution < 1.29 is 22.7 Å². The number of benzene rings is 2. The summed E-state index contributed by atoms with van der Waals surface area (Å²) in [6.07, 6.45) is 0. The molecule has 7 heteroatoms. The van der Waals surface area contributed by atoms with Gasteiger partial charge in [0.15, 0.2) is 0 Å². The quantitative estimate of drug-likeness (QED) is 0.612. The third-order valence-corrected chi connectivity index (χ3v) is 4.68. The molecule has 0 aliphatic heterocycles. The smallest absolute Gasteiger partial charge is 0.337 e. The van der Waals surface area contributed by atoms with E-state index in [-0.39, 0.29) is 23.6 Å². The van der Waals surface area contributed by atoms with E-state index in [1.807, 2.05) is 25.1 Å². The molecule has 0 fully saturated rings. The maximum Gasteiger partial charge on any atom is 0.337 e. The molecule has 0 saturated carbocycles. The molecule has 0 atom stereocenters. The highest BCUT2D eigenvalue weighted by atomic mass is 32.2. The molecule has 6 nitrogen and oxygen atoms in total. The molecule has 24 heavy (non-hydrogen) atoms. The topological polar surface area (TPSA) is 81.7 Å². The van der Waals surface area contributed by atoms with Gasteiger partial charge in [-0.1, -0.05) is 18.2 Å². The molecule has 2 aromatic rings. The standard InChI is InChI=1S/C17H19NO5S/c1-13-5-3-7-15(11-13)23-10-9-18-24(20,21)16-8-4-6-14(12-16)17(19)22-2/h3-8,11-12,18H,9-10H2,1-2H3. The van der Waals surface area contributed by atoms with Crippen LogP contribution < -0.4 is 9.46 Å². The van der Waals surface area contributed by atoms with E-state index in [9.17, 15) is 13.2 Å². The number of aryl methyl sites for hydroxylation is 1. The molecule has 0 heterocycles. The third kappa shape index (κ3) is 4.81. The van der Waals surface area contributed by atoms with Crippen LogP contribution in [0.15, 0.2) is 53.4 Å². The molecule has 0 bridgehead atoms. The first-order chi connectivity index (χ1) is 11.4. The van der Waals surface area contributed by atoms with Gasteiger partial charge in [-0.2, -0.15) is 0 Å². The Morgan fingerprint density at radius 1 is 1.12 bits per heavy atom. The molecule has 2 aromatic carbocycles. The van der Waals surface area contributed by atoms with Crippen molar-refractivity contribution in [1.29, 1.82) is 0 Å². The molecule has 0 aromatic heterocycles. The Balaban J connectivity index is 1.95. The lowest BCUT2D eigenvalue weighted by molar-refractivity contribution is 0.0600. The predicted molar refractivity (Wildman–Crippen MR) is 89.6 cm³/mol. The highest BCUT2D eigenvalue weighted by Crippen LogP contribution is 2.13. The Morgan fingerprint density at radius 2 is 1.88 bits per heavy atom. The number of methoxy groups -OCH3 is 1. The summed E-state index contributed by atoms with van der Waals surface area (Å²) < 4.78 is 37.0. The number of ether oxygens (including phenoxy) is 2. The minimum Gasteiger partial charge on any atom is -0.492 e. The first-order valence-electron chi connectivity index (χ1n) is 7.30. The predicted octanol–water partition coefficient (Wildman–Crippen LogP) is 2.14. The lowest BCUT2D eigenvalue weighted by atomic mass is 10.2. The second-order valence-corrected chi connectivity index (χ2v) is 6.85. The van der Waals surface area contributed by atoms with E-state index in [4.69, 9.17) is 4.74 Å². The summed E-state index contributed by atoms with van der Waals surface area (Å²) in [6, 6.07) is 13.2. The first kappa shape index (κ1) is 18.0. The van der Waals surface area contributed by atoms with E-state index >= 15 is 0 Å². The van der Waals surface area contributed by atoms with Gasteiger partial charge in [0.2, 0.25) is 10.0 Å². The number of sulfonamides is 1. The van der Waals surface area contributed by atoms with Gasteiger partial charge >= 0.3 is 5.97 Å². The Hall–Kier alpha value is -2.38. The zero-order valence-corrected chi connectivity index (χ0v) is 14.3. The van der Waals surface area contributed by atoms with Crippen LogP contribution in [0, 0.1) is 6.92 Å². The Labute approximate surface area is 141 Å². The van der Waals surface area contributed by atoms with E-state index < -0.39 is 16.0 Å². The molecule has 0 spiro atoms. The zero-order chi connectivity index (χ0) is 17.6. The average Bonchev–Trinajstić information content (AvgIpc) is 2.58. The summed E-state index contributed by atoms with van der Waals surface area (Å²) in [5.41, 5.74) is 1.24. The largest absolute Gasteiger partial charge is 0.492 e. The fourth-order valence-electron chi connectivity index (χ4n) is 2.04. The maximum absolute atomic E-state index is 12.2. The lowest BCUT2D eigenvalue weighted by Crippen LogP contribution is -2.28. The SMILES string of the molecule is COC(=O)c1cccc(S(=O)(=O)NCCOc2cccc(C)c2)c1. The third-order valence-electron chi connectivity index (χ3n) is 3.22. The number of carbonyl (C=O) groups is 1. The number of carbonyl (C=O) groups excluding carboxylic acids is 1. The molecule has 0 unspecified atom stereocenters. The van der Waals surface area contributed by atoms with Gasteiger partial charge in [0, 0.05) is 6.54 Å². The Morgan fingerprint density at radius 3 is 2.58 bits per heavy atom. The number of hydrogen-bond donors (Lipinski definition) is 1.